The number of ether oxygens (including phenoxy) is 1. The molecule has 96 valence electrons. The minimum atomic E-state index is 0.217. The number of morpholine rings is 1. The molecule has 2 saturated heterocycles. The van der Waals surface area contributed by atoms with E-state index in [4.69, 9.17) is 4.74 Å². The van der Waals surface area contributed by atoms with Crippen molar-refractivity contribution in [2.45, 2.75) is 38.3 Å². The summed E-state index contributed by atoms with van der Waals surface area (Å²) in [5.74, 6) is 0.217. The molecular formula is C15H19NO2. The van der Waals surface area contributed by atoms with Gasteiger partial charge in [-0.2, -0.15) is 0 Å². The van der Waals surface area contributed by atoms with Gasteiger partial charge in [0.1, 0.15) is 5.78 Å². The SMILES string of the molecule is CC(=O)Cc1ccc(N2C3CCC2COC3)cc1. The molecule has 3 nitrogen and oxygen atoms in total. The molecule has 3 heteroatoms. The fraction of sp³-hybridized carbons (Fsp3) is 0.533. The summed E-state index contributed by atoms with van der Waals surface area (Å²) in [4.78, 5) is 13.6. The summed E-state index contributed by atoms with van der Waals surface area (Å²) < 4.78 is 5.60. The van der Waals surface area contributed by atoms with Crippen molar-refractivity contribution in [3.05, 3.63) is 29.8 Å². The van der Waals surface area contributed by atoms with Crippen LogP contribution in [0.25, 0.3) is 0 Å². The molecule has 2 unspecified atom stereocenters. The Morgan fingerprint density at radius 1 is 1.22 bits per heavy atom. The summed E-state index contributed by atoms with van der Waals surface area (Å²) in [6.07, 6.45) is 3.01. The number of benzene rings is 1. The summed E-state index contributed by atoms with van der Waals surface area (Å²) in [5, 5.41) is 0. The molecule has 0 saturated carbocycles. The number of rotatable bonds is 3. The van der Waals surface area contributed by atoms with Gasteiger partial charge in [-0.05, 0) is 37.5 Å². The topological polar surface area (TPSA) is 29.5 Å². The lowest BCUT2D eigenvalue weighted by molar-refractivity contribution is -0.116. The van der Waals surface area contributed by atoms with Gasteiger partial charge in [0.25, 0.3) is 0 Å². The van der Waals surface area contributed by atoms with Gasteiger partial charge in [-0.3, -0.25) is 4.79 Å². The predicted octanol–water partition coefficient (Wildman–Crippen LogP) is 2.19. The first kappa shape index (κ1) is 11.7. The molecule has 2 aliphatic heterocycles. The molecule has 2 heterocycles. The molecule has 0 amide bonds. The van der Waals surface area contributed by atoms with Crippen molar-refractivity contribution in [1.82, 2.24) is 0 Å². The van der Waals surface area contributed by atoms with E-state index in [1.165, 1.54) is 18.5 Å². The largest absolute Gasteiger partial charge is 0.377 e. The van der Waals surface area contributed by atoms with E-state index in [2.05, 4.69) is 29.2 Å². The van der Waals surface area contributed by atoms with E-state index in [1.807, 2.05) is 0 Å². The third-order valence-electron chi connectivity index (χ3n) is 3.93. The van der Waals surface area contributed by atoms with Crippen molar-refractivity contribution in [1.29, 1.82) is 0 Å². The number of carbonyl (C=O) groups excluding carboxylic acids is 1. The van der Waals surface area contributed by atoms with Crippen LogP contribution in [0.2, 0.25) is 0 Å². The number of nitrogens with zero attached hydrogens (tertiary/aromatic N) is 1. The molecule has 1 aromatic carbocycles. The molecule has 0 aliphatic carbocycles. The number of anilines is 1. The van der Waals surface area contributed by atoms with Crippen molar-refractivity contribution in [3.8, 4) is 0 Å². The molecule has 2 fully saturated rings. The zero-order valence-electron chi connectivity index (χ0n) is 10.8. The molecule has 1 aromatic rings. The van der Waals surface area contributed by atoms with Crippen molar-refractivity contribution in [2.24, 2.45) is 0 Å². The normalized spacial score (nSPS) is 26.4. The molecule has 18 heavy (non-hydrogen) atoms. The van der Waals surface area contributed by atoms with Crippen LogP contribution in [0.3, 0.4) is 0 Å². The first-order valence-corrected chi connectivity index (χ1v) is 6.68. The average Bonchev–Trinajstić information content (AvgIpc) is 2.60. The highest BCUT2D eigenvalue weighted by molar-refractivity contribution is 5.78. The fourth-order valence-corrected chi connectivity index (χ4v) is 3.12. The van der Waals surface area contributed by atoms with Crippen molar-refractivity contribution in [2.75, 3.05) is 18.1 Å². The fourth-order valence-electron chi connectivity index (χ4n) is 3.12. The highest BCUT2D eigenvalue weighted by Crippen LogP contribution is 2.33. The van der Waals surface area contributed by atoms with Gasteiger partial charge >= 0.3 is 0 Å². The van der Waals surface area contributed by atoms with Gasteiger partial charge < -0.3 is 9.64 Å². The first-order valence-electron chi connectivity index (χ1n) is 6.68. The molecular weight excluding hydrogens is 226 g/mol. The standard InChI is InChI=1S/C15H19NO2/c1-11(17)8-12-2-4-13(5-3-12)16-14-6-7-15(16)10-18-9-14/h2-5,14-15H,6-10H2,1H3. The Balaban J connectivity index is 1.78. The molecule has 0 N–H and O–H groups in total. The Morgan fingerprint density at radius 2 is 1.83 bits per heavy atom. The quantitative estimate of drug-likeness (QED) is 0.817. The van der Waals surface area contributed by atoms with Gasteiger partial charge in [0, 0.05) is 12.1 Å². The lowest BCUT2D eigenvalue weighted by atomic mass is 10.1. The second kappa shape index (κ2) is 4.73. The third kappa shape index (κ3) is 2.15. The highest BCUT2D eigenvalue weighted by atomic mass is 16.5. The molecule has 2 aliphatic rings. The van der Waals surface area contributed by atoms with E-state index in [0.717, 1.165) is 18.8 Å². The number of fused-ring (bicyclic) bond motifs is 2. The van der Waals surface area contributed by atoms with Crippen LogP contribution in [0.1, 0.15) is 25.3 Å². The third-order valence-corrected chi connectivity index (χ3v) is 3.93. The van der Waals surface area contributed by atoms with Gasteiger partial charge in [-0.25, -0.2) is 0 Å². The van der Waals surface area contributed by atoms with Gasteiger partial charge in [-0.15, -0.1) is 0 Å². The van der Waals surface area contributed by atoms with Crippen LogP contribution in [0.5, 0.6) is 0 Å². The predicted molar refractivity (Wildman–Crippen MR) is 70.9 cm³/mol. The van der Waals surface area contributed by atoms with Crippen LogP contribution < -0.4 is 4.90 Å². The van der Waals surface area contributed by atoms with E-state index in [9.17, 15) is 4.79 Å². The van der Waals surface area contributed by atoms with E-state index >= 15 is 0 Å². The van der Waals surface area contributed by atoms with E-state index < -0.39 is 0 Å². The van der Waals surface area contributed by atoms with Gasteiger partial charge in [-0.1, -0.05) is 12.1 Å². The Bertz CT molecular complexity index is 424. The van der Waals surface area contributed by atoms with Crippen LogP contribution in [0, 0.1) is 0 Å². The number of carbonyl (C=O) groups is 1. The average molecular weight is 245 g/mol. The first-order chi connectivity index (χ1) is 8.74. The monoisotopic (exact) mass is 245 g/mol. The van der Waals surface area contributed by atoms with Crippen molar-refractivity contribution in [3.63, 3.8) is 0 Å². The molecule has 0 aromatic heterocycles. The summed E-state index contributed by atoms with van der Waals surface area (Å²) in [7, 11) is 0. The van der Waals surface area contributed by atoms with Crippen LogP contribution in [0.4, 0.5) is 5.69 Å². The Labute approximate surface area is 108 Å². The summed E-state index contributed by atoms with van der Waals surface area (Å²) in [5.41, 5.74) is 2.38. The van der Waals surface area contributed by atoms with Gasteiger partial charge in [0.2, 0.25) is 0 Å². The van der Waals surface area contributed by atoms with Gasteiger partial charge in [0.15, 0.2) is 0 Å². The summed E-state index contributed by atoms with van der Waals surface area (Å²) >= 11 is 0. The molecule has 2 atom stereocenters. The van der Waals surface area contributed by atoms with Crippen LogP contribution in [-0.2, 0) is 16.0 Å². The maximum atomic E-state index is 11.1. The summed E-state index contributed by atoms with van der Waals surface area (Å²) in [6, 6.07) is 9.53. The molecule has 0 radical (unpaired) electrons. The van der Waals surface area contributed by atoms with E-state index in [1.54, 1.807) is 6.92 Å². The van der Waals surface area contributed by atoms with Crippen molar-refractivity contribution >= 4 is 11.5 Å². The zero-order chi connectivity index (χ0) is 12.5. The maximum Gasteiger partial charge on any atom is 0.134 e. The number of Topliss-reactive ketones (excluding diaryl/α,β-unsaturated/α-hetero) is 1. The Hall–Kier alpha value is -1.35. The second-order valence-corrected chi connectivity index (χ2v) is 5.37. The maximum absolute atomic E-state index is 11.1. The Kier molecular flexibility index (Phi) is 3.08. The smallest absolute Gasteiger partial charge is 0.134 e. The number of hydrogen-bond acceptors (Lipinski definition) is 3. The van der Waals surface area contributed by atoms with Crippen LogP contribution in [0.15, 0.2) is 24.3 Å². The minimum absolute atomic E-state index is 0.217. The van der Waals surface area contributed by atoms with Crippen LogP contribution in [-0.4, -0.2) is 31.1 Å². The molecule has 0 spiro atoms. The highest BCUT2D eigenvalue weighted by Gasteiger charge is 2.37. The van der Waals surface area contributed by atoms with E-state index in [0.29, 0.717) is 18.5 Å². The number of ketones is 1. The molecule has 2 bridgehead atoms. The lowest BCUT2D eigenvalue weighted by Gasteiger charge is -2.36. The zero-order valence-corrected chi connectivity index (χ0v) is 10.8. The second-order valence-electron chi connectivity index (χ2n) is 5.37. The van der Waals surface area contributed by atoms with Crippen LogP contribution >= 0.6 is 0 Å². The van der Waals surface area contributed by atoms with E-state index in [-0.39, 0.29) is 5.78 Å². The van der Waals surface area contributed by atoms with Crippen molar-refractivity contribution < 1.29 is 9.53 Å². The van der Waals surface area contributed by atoms with Gasteiger partial charge in [0.05, 0.1) is 25.3 Å². The summed E-state index contributed by atoms with van der Waals surface area (Å²) in [6.45, 7) is 3.34. The number of hydrogen-bond donors (Lipinski definition) is 0. The lowest BCUT2D eigenvalue weighted by Crippen LogP contribution is -2.45. The Morgan fingerprint density at radius 3 is 2.39 bits per heavy atom. The molecule has 3 rings (SSSR count). The minimum Gasteiger partial charge on any atom is -0.377 e.